The molecule has 1 atom stereocenters. The Morgan fingerprint density at radius 2 is 1.87 bits per heavy atom. The minimum Gasteiger partial charge on any atom is -0.508 e. The summed E-state index contributed by atoms with van der Waals surface area (Å²) in [5.74, 6) is 1.75. The van der Waals surface area contributed by atoms with Crippen LogP contribution in [-0.4, -0.2) is 12.2 Å². The van der Waals surface area contributed by atoms with Crippen molar-refractivity contribution < 1.29 is 9.84 Å². The Bertz CT molecular complexity index is 744. The predicted octanol–water partition coefficient (Wildman–Crippen LogP) is 5.37. The molecule has 1 aliphatic carbocycles. The number of phenols is 1. The molecule has 0 radical (unpaired) electrons. The number of methoxy groups -OCH3 is 1. The van der Waals surface area contributed by atoms with Crippen LogP contribution in [0.4, 0.5) is 0 Å². The van der Waals surface area contributed by atoms with E-state index in [4.69, 9.17) is 4.74 Å². The van der Waals surface area contributed by atoms with Gasteiger partial charge in [0.25, 0.3) is 0 Å². The molecule has 23 heavy (non-hydrogen) atoms. The zero-order valence-corrected chi connectivity index (χ0v) is 14.1. The van der Waals surface area contributed by atoms with Gasteiger partial charge in [-0.1, -0.05) is 24.3 Å². The lowest BCUT2D eigenvalue weighted by Gasteiger charge is -2.23. The summed E-state index contributed by atoms with van der Waals surface area (Å²) in [6, 6.07) is 12.4. The summed E-state index contributed by atoms with van der Waals surface area (Å²) in [7, 11) is 1.71. The zero-order valence-electron chi connectivity index (χ0n) is 14.1. The molecule has 0 fully saturated rings. The molecular formula is C21H24O2. The quantitative estimate of drug-likeness (QED) is 0.826. The molecule has 1 aliphatic rings. The maximum atomic E-state index is 9.72. The Morgan fingerprint density at radius 3 is 2.57 bits per heavy atom. The van der Waals surface area contributed by atoms with Crippen molar-refractivity contribution in [2.75, 3.05) is 7.11 Å². The van der Waals surface area contributed by atoms with Crippen molar-refractivity contribution in [1.82, 2.24) is 0 Å². The predicted molar refractivity (Wildman–Crippen MR) is 95.1 cm³/mol. The molecular weight excluding hydrogens is 284 g/mol. The fourth-order valence-corrected chi connectivity index (χ4v) is 3.41. The smallest absolute Gasteiger partial charge is 0.121 e. The standard InChI is InChI=1S/C21H24O2/c1-14-11-18(7-9-20(14)22)16-5-4-6-17(13-16)19-8-10-21(23-3)15(2)12-19/h7-13,16,22H,4-6H2,1-3H3. The van der Waals surface area contributed by atoms with Crippen molar-refractivity contribution in [3.05, 3.63) is 64.7 Å². The highest BCUT2D eigenvalue weighted by atomic mass is 16.5. The van der Waals surface area contributed by atoms with Crippen LogP contribution in [0.3, 0.4) is 0 Å². The number of hydrogen-bond donors (Lipinski definition) is 1. The summed E-state index contributed by atoms with van der Waals surface area (Å²) in [4.78, 5) is 0. The lowest BCUT2D eigenvalue weighted by molar-refractivity contribution is 0.411. The van der Waals surface area contributed by atoms with Crippen LogP contribution in [0, 0.1) is 13.8 Å². The molecule has 120 valence electrons. The number of aryl methyl sites for hydroxylation is 2. The average molecular weight is 308 g/mol. The van der Waals surface area contributed by atoms with Crippen molar-refractivity contribution in [2.45, 2.75) is 39.0 Å². The molecule has 0 amide bonds. The summed E-state index contributed by atoms with van der Waals surface area (Å²) in [5, 5.41) is 9.72. The maximum absolute atomic E-state index is 9.72. The molecule has 0 spiro atoms. The summed E-state index contributed by atoms with van der Waals surface area (Å²) in [5.41, 5.74) is 6.13. The second-order valence-electron chi connectivity index (χ2n) is 6.42. The Kier molecular flexibility index (Phi) is 4.42. The summed E-state index contributed by atoms with van der Waals surface area (Å²) in [6.45, 7) is 4.05. The monoisotopic (exact) mass is 308 g/mol. The van der Waals surface area contributed by atoms with Crippen LogP contribution in [0.25, 0.3) is 5.57 Å². The van der Waals surface area contributed by atoms with Crippen LogP contribution in [-0.2, 0) is 0 Å². The molecule has 2 aromatic rings. The molecule has 1 unspecified atom stereocenters. The molecule has 3 rings (SSSR count). The van der Waals surface area contributed by atoms with E-state index in [1.165, 1.54) is 35.1 Å². The third-order valence-electron chi connectivity index (χ3n) is 4.78. The first-order valence-corrected chi connectivity index (χ1v) is 8.23. The molecule has 0 saturated carbocycles. The first kappa shape index (κ1) is 15.7. The second-order valence-corrected chi connectivity index (χ2v) is 6.42. The summed E-state index contributed by atoms with van der Waals surface area (Å²) < 4.78 is 5.36. The van der Waals surface area contributed by atoms with Crippen LogP contribution in [0.5, 0.6) is 11.5 Å². The molecule has 1 N–H and O–H groups in total. The highest BCUT2D eigenvalue weighted by molar-refractivity contribution is 5.69. The van der Waals surface area contributed by atoms with Crippen LogP contribution in [0.15, 0.2) is 42.5 Å². The normalized spacial score (nSPS) is 17.7. The lowest BCUT2D eigenvalue weighted by atomic mass is 9.83. The van der Waals surface area contributed by atoms with E-state index in [0.29, 0.717) is 11.7 Å². The van der Waals surface area contributed by atoms with Gasteiger partial charge in [-0.3, -0.25) is 0 Å². The molecule has 2 heteroatoms. The Labute approximate surface area is 138 Å². The van der Waals surface area contributed by atoms with Crippen LogP contribution < -0.4 is 4.74 Å². The molecule has 0 heterocycles. The molecule has 0 saturated heterocycles. The molecule has 0 aliphatic heterocycles. The molecule has 0 bridgehead atoms. The highest BCUT2D eigenvalue weighted by Crippen LogP contribution is 2.37. The Hall–Kier alpha value is -2.22. The fourth-order valence-electron chi connectivity index (χ4n) is 3.41. The topological polar surface area (TPSA) is 29.5 Å². The van der Waals surface area contributed by atoms with E-state index in [1.807, 2.05) is 19.1 Å². The van der Waals surface area contributed by atoms with Gasteiger partial charge in [0, 0.05) is 5.92 Å². The molecule has 0 aromatic heterocycles. The van der Waals surface area contributed by atoms with Gasteiger partial charge < -0.3 is 9.84 Å². The minimum atomic E-state index is 0.375. The van der Waals surface area contributed by atoms with Crippen molar-refractivity contribution in [3.63, 3.8) is 0 Å². The Morgan fingerprint density at radius 1 is 1.04 bits per heavy atom. The van der Waals surface area contributed by atoms with Crippen molar-refractivity contribution in [1.29, 1.82) is 0 Å². The van der Waals surface area contributed by atoms with E-state index in [9.17, 15) is 5.11 Å². The van der Waals surface area contributed by atoms with Gasteiger partial charge >= 0.3 is 0 Å². The molecule has 2 nitrogen and oxygen atoms in total. The van der Waals surface area contributed by atoms with Gasteiger partial charge in [0.1, 0.15) is 11.5 Å². The number of phenolic OH excluding ortho intramolecular Hbond substituents is 1. The van der Waals surface area contributed by atoms with Crippen LogP contribution >= 0.6 is 0 Å². The first-order valence-electron chi connectivity index (χ1n) is 8.23. The van der Waals surface area contributed by atoms with Crippen LogP contribution in [0.1, 0.15) is 47.4 Å². The number of hydrogen-bond acceptors (Lipinski definition) is 2. The van der Waals surface area contributed by atoms with Gasteiger partial charge in [0.05, 0.1) is 7.11 Å². The maximum Gasteiger partial charge on any atom is 0.121 e. The van der Waals surface area contributed by atoms with E-state index in [0.717, 1.165) is 17.7 Å². The zero-order chi connectivity index (χ0) is 16.4. The van der Waals surface area contributed by atoms with Gasteiger partial charge in [0.2, 0.25) is 0 Å². The third kappa shape index (κ3) is 3.26. The highest BCUT2D eigenvalue weighted by Gasteiger charge is 2.17. The fraction of sp³-hybridized carbons (Fsp3) is 0.333. The van der Waals surface area contributed by atoms with Crippen molar-refractivity contribution >= 4 is 5.57 Å². The summed E-state index contributed by atoms with van der Waals surface area (Å²) in [6.07, 6.45) is 5.89. The van der Waals surface area contributed by atoms with E-state index in [1.54, 1.807) is 7.11 Å². The number of rotatable bonds is 3. The number of allylic oxidation sites excluding steroid dienone is 2. The van der Waals surface area contributed by atoms with Crippen molar-refractivity contribution in [3.8, 4) is 11.5 Å². The first-order chi connectivity index (χ1) is 11.1. The van der Waals surface area contributed by atoms with Gasteiger partial charge in [-0.05, 0) is 79.1 Å². The van der Waals surface area contributed by atoms with Gasteiger partial charge in [-0.2, -0.15) is 0 Å². The van der Waals surface area contributed by atoms with E-state index >= 15 is 0 Å². The number of aromatic hydroxyl groups is 1. The van der Waals surface area contributed by atoms with E-state index in [2.05, 4.69) is 37.3 Å². The van der Waals surface area contributed by atoms with Gasteiger partial charge in [0.15, 0.2) is 0 Å². The van der Waals surface area contributed by atoms with E-state index in [-0.39, 0.29) is 0 Å². The Balaban J connectivity index is 1.92. The minimum absolute atomic E-state index is 0.375. The number of benzene rings is 2. The lowest BCUT2D eigenvalue weighted by Crippen LogP contribution is -2.03. The largest absolute Gasteiger partial charge is 0.508 e. The SMILES string of the molecule is COc1ccc(C2=CC(c3ccc(O)c(C)c3)CCC2)cc1C. The summed E-state index contributed by atoms with van der Waals surface area (Å²) >= 11 is 0. The number of ether oxygens (including phenoxy) is 1. The third-order valence-corrected chi connectivity index (χ3v) is 4.78. The molecule has 2 aromatic carbocycles. The van der Waals surface area contributed by atoms with Crippen molar-refractivity contribution in [2.24, 2.45) is 0 Å². The average Bonchev–Trinajstić information content (AvgIpc) is 2.57. The van der Waals surface area contributed by atoms with Gasteiger partial charge in [-0.25, -0.2) is 0 Å². The van der Waals surface area contributed by atoms with E-state index < -0.39 is 0 Å². The second kappa shape index (κ2) is 6.49. The van der Waals surface area contributed by atoms with Gasteiger partial charge in [-0.15, -0.1) is 0 Å². The van der Waals surface area contributed by atoms with Crippen LogP contribution in [0.2, 0.25) is 0 Å².